The Kier molecular flexibility index (Phi) is 5.19. The van der Waals surface area contributed by atoms with E-state index in [0.29, 0.717) is 11.1 Å². The Labute approximate surface area is 150 Å². The van der Waals surface area contributed by atoms with Crippen LogP contribution in [-0.4, -0.2) is 41.1 Å². The third-order valence-corrected chi connectivity index (χ3v) is 4.92. The summed E-state index contributed by atoms with van der Waals surface area (Å²) in [6.45, 7) is 1.81. The Bertz CT molecular complexity index is 771. The number of fused-ring (bicyclic) bond motifs is 1. The van der Waals surface area contributed by atoms with Crippen LogP contribution >= 0.6 is 11.8 Å². The number of ether oxygens (including phenoxy) is 1. The van der Waals surface area contributed by atoms with Gasteiger partial charge in [-0.1, -0.05) is 30.3 Å². The van der Waals surface area contributed by atoms with Crippen LogP contribution in [0.2, 0.25) is 0 Å². The first-order chi connectivity index (χ1) is 12.1. The molecule has 2 aromatic rings. The van der Waals surface area contributed by atoms with Gasteiger partial charge in [0.05, 0.1) is 17.7 Å². The molecule has 128 valence electrons. The van der Waals surface area contributed by atoms with E-state index in [1.807, 2.05) is 30.3 Å². The van der Waals surface area contributed by atoms with Gasteiger partial charge in [-0.15, -0.1) is 11.8 Å². The normalized spacial score (nSPS) is 14.4. The molecule has 2 amide bonds. The molecule has 1 atom stereocenters. The molecule has 1 aliphatic rings. The van der Waals surface area contributed by atoms with E-state index in [1.54, 1.807) is 31.2 Å². The van der Waals surface area contributed by atoms with Crippen LogP contribution in [-0.2, 0) is 9.53 Å². The molecule has 1 heterocycles. The molecule has 25 heavy (non-hydrogen) atoms. The van der Waals surface area contributed by atoms with Gasteiger partial charge in [0.1, 0.15) is 11.9 Å². The molecular formula is C19H17NO4S. The van der Waals surface area contributed by atoms with E-state index in [2.05, 4.69) is 0 Å². The summed E-state index contributed by atoms with van der Waals surface area (Å²) >= 11 is 1.40. The first-order valence-corrected chi connectivity index (χ1v) is 8.79. The van der Waals surface area contributed by atoms with Crippen LogP contribution in [0.15, 0.2) is 59.5 Å². The first-order valence-electron chi connectivity index (χ1n) is 7.91. The highest BCUT2D eigenvalue weighted by Gasteiger charge is 2.34. The average molecular weight is 355 g/mol. The second-order valence-corrected chi connectivity index (χ2v) is 6.96. The second kappa shape index (κ2) is 7.53. The Balaban J connectivity index is 1.51. The Morgan fingerprint density at radius 1 is 1.00 bits per heavy atom. The largest absolute Gasteiger partial charge is 0.463 e. The lowest BCUT2D eigenvalue weighted by atomic mass is 10.1. The lowest BCUT2D eigenvalue weighted by molar-refractivity contribution is -0.142. The van der Waals surface area contributed by atoms with Crippen LogP contribution in [0.5, 0.6) is 0 Å². The summed E-state index contributed by atoms with van der Waals surface area (Å²) in [5, 5.41) is -0.371. The van der Waals surface area contributed by atoms with Crippen LogP contribution in [0.25, 0.3) is 0 Å². The molecule has 0 aromatic heterocycles. The van der Waals surface area contributed by atoms with Gasteiger partial charge in [-0.3, -0.25) is 19.3 Å². The summed E-state index contributed by atoms with van der Waals surface area (Å²) in [4.78, 5) is 38.6. The van der Waals surface area contributed by atoms with E-state index in [1.165, 1.54) is 11.8 Å². The number of carbonyl (C=O) groups is 3. The molecule has 0 fully saturated rings. The van der Waals surface area contributed by atoms with Crippen LogP contribution in [0.3, 0.4) is 0 Å². The van der Waals surface area contributed by atoms with E-state index >= 15 is 0 Å². The van der Waals surface area contributed by atoms with Crippen molar-refractivity contribution in [3.05, 3.63) is 65.7 Å². The number of hydrogen-bond donors (Lipinski definition) is 0. The van der Waals surface area contributed by atoms with Crippen molar-refractivity contribution in [3.63, 3.8) is 0 Å². The molecule has 0 bridgehead atoms. The van der Waals surface area contributed by atoms with Crippen molar-refractivity contribution in [2.24, 2.45) is 0 Å². The monoisotopic (exact) mass is 355 g/mol. The molecule has 5 nitrogen and oxygen atoms in total. The summed E-state index contributed by atoms with van der Waals surface area (Å²) in [5.41, 5.74) is 0.790. The molecule has 0 aliphatic carbocycles. The van der Waals surface area contributed by atoms with Gasteiger partial charge in [0.25, 0.3) is 11.8 Å². The van der Waals surface area contributed by atoms with E-state index in [-0.39, 0.29) is 36.2 Å². The number of esters is 1. The minimum atomic E-state index is -0.371. The topological polar surface area (TPSA) is 63.7 Å². The highest BCUT2D eigenvalue weighted by Crippen LogP contribution is 2.24. The van der Waals surface area contributed by atoms with Gasteiger partial charge in [-0.05, 0) is 31.2 Å². The summed E-state index contributed by atoms with van der Waals surface area (Å²) < 4.78 is 5.23. The Morgan fingerprint density at radius 2 is 1.56 bits per heavy atom. The maximum absolute atomic E-state index is 12.2. The zero-order valence-corrected chi connectivity index (χ0v) is 14.5. The Hall–Kier alpha value is -2.60. The number of imide groups is 1. The van der Waals surface area contributed by atoms with Crippen molar-refractivity contribution in [1.82, 2.24) is 4.90 Å². The third-order valence-electron chi connectivity index (χ3n) is 3.83. The maximum atomic E-state index is 12.2. The molecule has 3 rings (SSSR count). The fourth-order valence-corrected chi connectivity index (χ4v) is 3.44. The van der Waals surface area contributed by atoms with E-state index < -0.39 is 0 Å². The SMILES string of the molecule is C[C@H](Sc1ccccc1)C(=O)OCCN1C(=O)c2ccccc2C1=O. The minimum Gasteiger partial charge on any atom is -0.463 e. The number of thioether (sulfide) groups is 1. The highest BCUT2D eigenvalue weighted by atomic mass is 32.2. The van der Waals surface area contributed by atoms with Gasteiger partial charge in [0, 0.05) is 4.90 Å². The predicted molar refractivity (Wildman–Crippen MR) is 94.5 cm³/mol. The van der Waals surface area contributed by atoms with Gasteiger partial charge >= 0.3 is 5.97 Å². The maximum Gasteiger partial charge on any atom is 0.319 e. The molecule has 0 unspecified atom stereocenters. The summed E-state index contributed by atoms with van der Waals surface area (Å²) in [6.07, 6.45) is 0. The molecule has 0 saturated heterocycles. The van der Waals surface area contributed by atoms with Crippen molar-refractivity contribution in [2.75, 3.05) is 13.2 Å². The number of benzene rings is 2. The van der Waals surface area contributed by atoms with Crippen LogP contribution in [0, 0.1) is 0 Å². The van der Waals surface area contributed by atoms with Gasteiger partial charge in [-0.2, -0.15) is 0 Å². The van der Waals surface area contributed by atoms with Gasteiger partial charge in [0.15, 0.2) is 0 Å². The van der Waals surface area contributed by atoms with E-state index in [9.17, 15) is 14.4 Å². The molecule has 2 aromatic carbocycles. The quantitative estimate of drug-likeness (QED) is 0.453. The van der Waals surface area contributed by atoms with Crippen LogP contribution < -0.4 is 0 Å². The van der Waals surface area contributed by atoms with Gasteiger partial charge in [-0.25, -0.2) is 0 Å². The fourth-order valence-electron chi connectivity index (χ4n) is 2.55. The van der Waals surface area contributed by atoms with Gasteiger partial charge < -0.3 is 4.74 Å². The summed E-state index contributed by atoms with van der Waals surface area (Å²) in [5.74, 6) is -1.06. The third kappa shape index (κ3) is 3.74. The fraction of sp³-hybridized carbons (Fsp3) is 0.211. The standard InChI is InChI=1S/C19H17NO4S/c1-13(25-14-7-3-2-4-8-14)19(23)24-12-11-20-17(21)15-9-5-6-10-16(15)18(20)22/h2-10,13H,11-12H2,1H3/t13-/m0/s1. The summed E-state index contributed by atoms with van der Waals surface area (Å²) in [7, 11) is 0. The zero-order chi connectivity index (χ0) is 17.8. The molecule has 6 heteroatoms. The highest BCUT2D eigenvalue weighted by molar-refractivity contribution is 8.00. The zero-order valence-electron chi connectivity index (χ0n) is 13.7. The average Bonchev–Trinajstić information content (AvgIpc) is 2.87. The number of amides is 2. The van der Waals surface area contributed by atoms with Crippen molar-refractivity contribution in [3.8, 4) is 0 Å². The number of nitrogens with zero attached hydrogens (tertiary/aromatic N) is 1. The number of hydrogen-bond acceptors (Lipinski definition) is 5. The first kappa shape index (κ1) is 17.2. The van der Waals surface area contributed by atoms with Crippen molar-refractivity contribution >= 4 is 29.5 Å². The number of rotatable bonds is 6. The van der Waals surface area contributed by atoms with Crippen molar-refractivity contribution in [1.29, 1.82) is 0 Å². The lowest BCUT2D eigenvalue weighted by Gasteiger charge is -2.15. The molecule has 1 aliphatic heterocycles. The van der Waals surface area contributed by atoms with Crippen molar-refractivity contribution in [2.45, 2.75) is 17.1 Å². The molecule has 0 saturated carbocycles. The lowest BCUT2D eigenvalue weighted by Crippen LogP contribution is -2.34. The number of carbonyl (C=O) groups excluding carboxylic acids is 3. The predicted octanol–water partition coefficient (Wildman–Crippen LogP) is 3.01. The molecule has 0 spiro atoms. The molecule has 0 N–H and O–H groups in total. The smallest absolute Gasteiger partial charge is 0.319 e. The molecular weight excluding hydrogens is 338 g/mol. The minimum absolute atomic E-state index is 0.00993. The summed E-state index contributed by atoms with van der Waals surface area (Å²) in [6, 6.07) is 16.3. The van der Waals surface area contributed by atoms with Crippen molar-refractivity contribution < 1.29 is 19.1 Å². The van der Waals surface area contributed by atoms with E-state index in [0.717, 1.165) is 9.80 Å². The van der Waals surface area contributed by atoms with Gasteiger partial charge in [0.2, 0.25) is 0 Å². The van der Waals surface area contributed by atoms with Crippen LogP contribution in [0.1, 0.15) is 27.6 Å². The van der Waals surface area contributed by atoms with Crippen LogP contribution in [0.4, 0.5) is 0 Å². The second-order valence-electron chi connectivity index (χ2n) is 5.55. The Morgan fingerprint density at radius 3 is 2.16 bits per heavy atom. The molecule has 0 radical (unpaired) electrons. The van der Waals surface area contributed by atoms with E-state index in [4.69, 9.17) is 4.74 Å².